The molecule has 0 atom stereocenters. The van der Waals surface area contributed by atoms with E-state index < -0.39 is 14.8 Å². The van der Waals surface area contributed by atoms with Crippen LogP contribution in [0.2, 0.25) is 0 Å². The molecule has 3 aromatic rings. The zero-order chi connectivity index (χ0) is 22.7. The Balaban J connectivity index is 0.000000429. The van der Waals surface area contributed by atoms with Gasteiger partial charge in [-0.1, -0.05) is 36.4 Å². The summed E-state index contributed by atoms with van der Waals surface area (Å²) in [5, 5.41) is 61.3. The van der Waals surface area contributed by atoms with E-state index in [1.54, 1.807) is 0 Å². The van der Waals surface area contributed by atoms with Gasteiger partial charge in [0.25, 0.3) is 17.1 Å². The van der Waals surface area contributed by atoms with Crippen LogP contribution in [0.1, 0.15) is 0 Å². The van der Waals surface area contributed by atoms with Gasteiger partial charge >= 0.3 is 17.1 Å². The molecule has 0 aliphatic carbocycles. The molecule has 0 bridgehead atoms. The Hall–Kier alpha value is -4.22. The third-order valence-electron chi connectivity index (χ3n) is 3.14. The van der Waals surface area contributed by atoms with E-state index in [-0.39, 0.29) is 51.4 Å². The van der Waals surface area contributed by atoms with Crippen molar-refractivity contribution in [1.82, 2.24) is 0 Å². The maximum absolute atomic E-state index is 10.4. The molecule has 0 heterocycles. The van der Waals surface area contributed by atoms with Crippen LogP contribution in [-0.4, -0.2) is 14.8 Å². The number of benzene rings is 3. The molecule has 0 amide bonds. The molecule has 0 spiro atoms. The molecule has 0 N–H and O–H groups in total. The molecule has 0 saturated carbocycles. The summed E-state index contributed by atoms with van der Waals surface area (Å²) in [6.07, 6.45) is 0. The molecular weight excluding hydrogens is 458 g/mol. The minimum Gasteiger partial charge on any atom is -0.872 e. The molecule has 31 heavy (non-hydrogen) atoms. The molecule has 13 heteroatoms. The minimum atomic E-state index is -0.542. The van der Waals surface area contributed by atoms with E-state index in [2.05, 4.69) is 0 Å². The Kier molecular flexibility index (Phi) is 11.3. The normalized spacial score (nSPS) is 8.90. The monoisotopic (exact) mass is 470 g/mol. The van der Waals surface area contributed by atoms with E-state index in [9.17, 15) is 45.7 Å². The third kappa shape index (κ3) is 10.2. The Morgan fingerprint density at radius 3 is 0.710 bits per heavy atom. The van der Waals surface area contributed by atoms with Crippen LogP contribution in [0.25, 0.3) is 0 Å². The number of nitrogens with zero attached hydrogens (tertiary/aromatic N) is 3. The van der Waals surface area contributed by atoms with Crippen LogP contribution >= 0.6 is 0 Å². The summed E-state index contributed by atoms with van der Waals surface area (Å²) in [6.45, 7) is 0. The first-order valence-electron chi connectivity index (χ1n) is 7.84. The van der Waals surface area contributed by atoms with E-state index in [1.807, 2.05) is 0 Å². The van der Waals surface area contributed by atoms with Gasteiger partial charge in [0.1, 0.15) is 0 Å². The number of nitro groups is 3. The molecule has 0 unspecified atom stereocenters. The smallest absolute Gasteiger partial charge is 0.872 e. The van der Waals surface area contributed by atoms with Crippen molar-refractivity contribution in [3.05, 3.63) is 103 Å². The molecule has 161 valence electrons. The molecule has 3 aromatic carbocycles. The number of hydrogen-bond acceptors (Lipinski definition) is 9. The number of hydrogen-bond donors (Lipinski definition) is 0. The molecule has 0 saturated heterocycles. The first-order chi connectivity index (χ1) is 14.1. The van der Waals surface area contributed by atoms with Gasteiger partial charge in [-0.2, -0.15) is 0 Å². The molecule has 1 radical (unpaired) electrons. The van der Waals surface area contributed by atoms with Crippen molar-refractivity contribution in [1.29, 1.82) is 0 Å². The van der Waals surface area contributed by atoms with Crippen LogP contribution in [0.15, 0.2) is 72.8 Å². The Morgan fingerprint density at radius 1 is 0.419 bits per heavy atom. The molecule has 0 fully saturated rings. The van der Waals surface area contributed by atoms with Gasteiger partial charge in [0.05, 0.1) is 14.8 Å². The average Bonchev–Trinajstić information content (AvgIpc) is 2.70. The van der Waals surface area contributed by atoms with E-state index in [0.717, 1.165) is 36.4 Å². The van der Waals surface area contributed by atoms with Gasteiger partial charge in [0.2, 0.25) is 0 Å². The quantitative estimate of drug-likeness (QED) is 0.312. The number of rotatable bonds is 3. The second-order valence-corrected chi connectivity index (χ2v) is 5.25. The van der Waals surface area contributed by atoms with E-state index >= 15 is 0 Å². The summed E-state index contributed by atoms with van der Waals surface area (Å²) >= 11 is 0. The summed E-state index contributed by atoms with van der Waals surface area (Å²) in [7, 11) is 0. The standard InChI is InChI=1S/3C6H5NO3.Fe/c3*8-6-3-1-5(2-4-6)7(9)10;/h3*1-4,8H;/q;;;+3/p-3. The van der Waals surface area contributed by atoms with Gasteiger partial charge in [-0.05, 0) is 0 Å². The van der Waals surface area contributed by atoms with Crippen LogP contribution in [0.4, 0.5) is 17.1 Å². The third-order valence-corrected chi connectivity index (χ3v) is 3.14. The first kappa shape index (κ1) is 26.8. The van der Waals surface area contributed by atoms with Crippen LogP contribution in [0.3, 0.4) is 0 Å². The number of nitro benzene ring substituents is 3. The van der Waals surface area contributed by atoms with Gasteiger partial charge in [0.15, 0.2) is 0 Å². The van der Waals surface area contributed by atoms with E-state index in [0.29, 0.717) is 0 Å². The Morgan fingerprint density at radius 2 is 0.581 bits per heavy atom. The molecule has 12 nitrogen and oxygen atoms in total. The van der Waals surface area contributed by atoms with Crippen molar-refractivity contribution in [2.45, 2.75) is 0 Å². The van der Waals surface area contributed by atoms with Gasteiger partial charge in [-0.15, -0.1) is 17.2 Å². The molecule has 0 aromatic heterocycles. The van der Waals surface area contributed by atoms with Crippen molar-refractivity contribution < 1.29 is 47.2 Å². The Labute approximate surface area is 184 Å². The predicted molar refractivity (Wildman–Crippen MR) is 97.6 cm³/mol. The summed E-state index contributed by atoms with van der Waals surface area (Å²) in [5.41, 5.74) is -0.168. The summed E-state index contributed by atoms with van der Waals surface area (Å²) in [5.74, 6) is -0.651. The fraction of sp³-hybridized carbons (Fsp3) is 0. The zero-order valence-corrected chi connectivity index (χ0v) is 16.4. The van der Waals surface area contributed by atoms with Crippen LogP contribution in [0, 0.1) is 30.3 Å². The number of non-ortho nitro benzene ring substituents is 3. The van der Waals surface area contributed by atoms with Gasteiger partial charge in [0, 0.05) is 36.4 Å². The molecular formula is C18H12FeN3O9. The first-order valence-corrected chi connectivity index (χ1v) is 7.84. The van der Waals surface area contributed by atoms with Crippen molar-refractivity contribution in [2.75, 3.05) is 0 Å². The fourth-order valence-electron chi connectivity index (χ4n) is 1.70. The summed E-state index contributed by atoms with van der Waals surface area (Å²) in [6, 6.07) is 14.1. The Bertz CT molecular complexity index is 863. The molecule has 0 aliphatic heterocycles. The van der Waals surface area contributed by atoms with Crippen LogP contribution in [0.5, 0.6) is 17.2 Å². The van der Waals surface area contributed by atoms with E-state index in [1.165, 1.54) is 36.4 Å². The van der Waals surface area contributed by atoms with Crippen molar-refractivity contribution in [2.24, 2.45) is 0 Å². The summed E-state index contributed by atoms with van der Waals surface area (Å²) < 4.78 is 0. The predicted octanol–water partition coefficient (Wildman–Crippen LogP) is 2.00. The average molecular weight is 470 g/mol. The second-order valence-electron chi connectivity index (χ2n) is 5.25. The maximum Gasteiger partial charge on any atom is 3.00 e. The van der Waals surface area contributed by atoms with Crippen molar-refractivity contribution in [3.8, 4) is 17.2 Å². The molecule has 0 aliphatic rings. The largest absolute Gasteiger partial charge is 3.00 e. The van der Waals surface area contributed by atoms with Gasteiger partial charge < -0.3 is 15.3 Å². The zero-order valence-electron chi connectivity index (χ0n) is 15.3. The summed E-state index contributed by atoms with van der Waals surface area (Å²) in [4.78, 5) is 28.4. The van der Waals surface area contributed by atoms with Crippen LogP contribution in [-0.2, 0) is 17.1 Å². The minimum absolute atomic E-state index is 0. The van der Waals surface area contributed by atoms with Crippen LogP contribution < -0.4 is 15.3 Å². The maximum atomic E-state index is 10.4. The van der Waals surface area contributed by atoms with Crippen molar-refractivity contribution >= 4 is 17.1 Å². The van der Waals surface area contributed by atoms with Gasteiger partial charge in [-0.25, -0.2) is 0 Å². The molecule has 3 rings (SSSR count). The van der Waals surface area contributed by atoms with E-state index in [4.69, 9.17) is 0 Å². The van der Waals surface area contributed by atoms with Gasteiger partial charge in [-0.3, -0.25) is 30.3 Å². The SMILES string of the molecule is O=[N+]([O-])c1ccc([O-])cc1.O=[N+]([O-])c1ccc([O-])cc1.O=[N+]([O-])c1ccc([O-])cc1.[Fe+3]. The van der Waals surface area contributed by atoms with Crippen molar-refractivity contribution in [3.63, 3.8) is 0 Å². The fourth-order valence-corrected chi connectivity index (χ4v) is 1.70. The topological polar surface area (TPSA) is 199 Å². The second kappa shape index (κ2) is 13.1.